The van der Waals surface area contributed by atoms with E-state index in [1.807, 2.05) is 51.1 Å². The van der Waals surface area contributed by atoms with Gasteiger partial charge in [0.2, 0.25) is 0 Å². The van der Waals surface area contributed by atoms with Gasteiger partial charge in [0.05, 0.1) is 11.6 Å². The minimum absolute atomic E-state index is 0.101. The molecular formula is C31H32F3N3O3. The fourth-order valence-electron chi connectivity index (χ4n) is 4.83. The molecule has 0 aliphatic carbocycles. The molecule has 9 heteroatoms. The van der Waals surface area contributed by atoms with Crippen LogP contribution in [0.25, 0.3) is 11.1 Å². The molecule has 0 unspecified atom stereocenters. The molecule has 0 bridgehead atoms. The van der Waals surface area contributed by atoms with E-state index < -0.39 is 12.0 Å². The number of nitrogens with one attached hydrogen (secondary N) is 1. The van der Waals surface area contributed by atoms with Gasteiger partial charge in [-0.3, -0.25) is 0 Å². The number of rotatable bonds is 6. The molecule has 3 aromatic rings. The van der Waals surface area contributed by atoms with E-state index in [1.165, 1.54) is 6.07 Å². The summed E-state index contributed by atoms with van der Waals surface area (Å²) in [5.74, 6) is -0.379. The maximum absolute atomic E-state index is 13.2. The van der Waals surface area contributed by atoms with Crippen LogP contribution in [0.2, 0.25) is 0 Å². The van der Waals surface area contributed by atoms with Crippen LogP contribution in [0.5, 0.6) is 5.75 Å². The second-order valence-corrected chi connectivity index (χ2v) is 10.8. The van der Waals surface area contributed by atoms with Gasteiger partial charge in [-0.25, -0.2) is 4.79 Å². The van der Waals surface area contributed by atoms with Crippen molar-refractivity contribution in [2.45, 2.75) is 57.7 Å². The first-order valence-corrected chi connectivity index (χ1v) is 13.1. The number of nitrogens with zero attached hydrogens (tertiary/aromatic N) is 2. The third-order valence-corrected chi connectivity index (χ3v) is 6.68. The number of carbonyl (C=O) groups is 1. The summed E-state index contributed by atoms with van der Waals surface area (Å²) in [6, 6.07) is 23.1. The van der Waals surface area contributed by atoms with Crippen LogP contribution >= 0.6 is 0 Å². The van der Waals surface area contributed by atoms with Gasteiger partial charge in [0.25, 0.3) is 0 Å². The van der Waals surface area contributed by atoms with Gasteiger partial charge in [0, 0.05) is 37.2 Å². The SMILES string of the molecule is CC(C)(C)OC(=O)N1CC[C@H](NCc2cc(-c3ccc(C#N)cc3)ccc2OC(F)(F)F)[C@H](c2ccccc2)C1. The summed E-state index contributed by atoms with van der Waals surface area (Å²) in [4.78, 5) is 14.5. The predicted molar refractivity (Wildman–Crippen MR) is 146 cm³/mol. The van der Waals surface area contributed by atoms with E-state index in [0.717, 1.165) is 11.1 Å². The number of hydrogen-bond donors (Lipinski definition) is 1. The number of halogens is 3. The zero-order valence-corrected chi connectivity index (χ0v) is 22.7. The second-order valence-electron chi connectivity index (χ2n) is 10.8. The molecule has 6 nitrogen and oxygen atoms in total. The number of nitriles is 1. The first-order chi connectivity index (χ1) is 18.9. The van der Waals surface area contributed by atoms with Crippen molar-refractivity contribution in [1.82, 2.24) is 10.2 Å². The highest BCUT2D eigenvalue weighted by Gasteiger charge is 2.35. The summed E-state index contributed by atoms with van der Waals surface area (Å²) in [6.45, 7) is 6.44. The number of carbonyl (C=O) groups excluding carboxylic acids is 1. The van der Waals surface area contributed by atoms with Crippen molar-refractivity contribution in [3.05, 3.63) is 89.5 Å². The molecule has 0 radical (unpaired) electrons. The second kappa shape index (κ2) is 12.0. The Bertz CT molecular complexity index is 1350. The van der Waals surface area contributed by atoms with Gasteiger partial charge in [0.1, 0.15) is 11.4 Å². The molecular weight excluding hydrogens is 519 g/mol. The summed E-state index contributed by atoms with van der Waals surface area (Å²) in [5, 5.41) is 12.5. The van der Waals surface area contributed by atoms with E-state index in [0.29, 0.717) is 36.2 Å². The summed E-state index contributed by atoms with van der Waals surface area (Å²) < 4.78 is 49.6. The number of hydrogen-bond acceptors (Lipinski definition) is 5. The molecule has 0 saturated carbocycles. The van der Waals surface area contributed by atoms with E-state index in [1.54, 1.807) is 41.3 Å². The molecule has 40 heavy (non-hydrogen) atoms. The minimum atomic E-state index is -4.84. The van der Waals surface area contributed by atoms with E-state index >= 15 is 0 Å². The summed E-state index contributed by atoms with van der Waals surface area (Å²) in [7, 11) is 0. The van der Waals surface area contributed by atoms with Crippen molar-refractivity contribution in [3.63, 3.8) is 0 Å². The number of benzene rings is 3. The van der Waals surface area contributed by atoms with Crippen molar-refractivity contribution in [3.8, 4) is 22.9 Å². The highest BCUT2D eigenvalue weighted by atomic mass is 19.4. The van der Waals surface area contributed by atoms with Crippen LogP contribution in [0.3, 0.4) is 0 Å². The zero-order chi connectivity index (χ0) is 28.9. The third kappa shape index (κ3) is 7.76. The van der Waals surface area contributed by atoms with Crippen molar-refractivity contribution >= 4 is 6.09 Å². The lowest BCUT2D eigenvalue weighted by Crippen LogP contribution is -2.50. The number of ether oxygens (including phenoxy) is 2. The third-order valence-electron chi connectivity index (χ3n) is 6.68. The number of alkyl halides is 3. The van der Waals surface area contributed by atoms with Gasteiger partial charge in [0.15, 0.2) is 0 Å². The molecule has 0 aromatic heterocycles. The smallest absolute Gasteiger partial charge is 0.444 e. The van der Waals surface area contributed by atoms with Crippen molar-refractivity contribution in [2.75, 3.05) is 13.1 Å². The van der Waals surface area contributed by atoms with Crippen LogP contribution in [0.4, 0.5) is 18.0 Å². The average Bonchev–Trinajstić information content (AvgIpc) is 2.91. The molecule has 1 aliphatic rings. The Hall–Kier alpha value is -4.03. The molecule has 3 aromatic carbocycles. The molecule has 2 atom stereocenters. The van der Waals surface area contributed by atoms with Crippen molar-refractivity contribution < 1.29 is 27.4 Å². The summed E-state index contributed by atoms with van der Waals surface area (Å²) in [5.41, 5.74) is 2.71. The van der Waals surface area contributed by atoms with Crippen LogP contribution < -0.4 is 10.1 Å². The molecule has 4 rings (SSSR count). The first-order valence-electron chi connectivity index (χ1n) is 13.1. The van der Waals surface area contributed by atoms with Crippen LogP contribution in [-0.2, 0) is 11.3 Å². The van der Waals surface area contributed by atoms with Gasteiger partial charge in [-0.05, 0) is 68.1 Å². The predicted octanol–water partition coefficient (Wildman–Crippen LogP) is 7.01. The minimum Gasteiger partial charge on any atom is -0.444 e. The summed E-state index contributed by atoms with van der Waals surface area (Å²) >= 11 is 0. The van der Waals surface area contributed by atoms with Crippen LogP contribution in [-0.4, -0.2) is 42.1 Å². The normalized spacial score (nSPS) is 17.7. The molecule has 0 spiro atoms. The first kappa shape index (κ1) is 29.0. The Balaban J connectivity index is 1.58. The van der Waals surface area contributed by atoms with Crippen LogP contribution in [0.15, 0.2) is 72.8 Å². The zero-order valence-electron chi connectivity index (χ0n) is 22.7. The molecule has 1 fully saturated rings. The van der Waals surface area contributed by atoms with E-state index in [9.17, 15) is 18.0 Å². The van der Waals surface area contributed by atoms with E-state index in [-0.39, 0.29) is 30.3 Å². The Labute approximate surface area is 232 Å². The topological polar surface area (TPSA) is 74.6 Å². The fourth-order valence-corrected chi connectivity index (χ4v) is 4.83. The average molecular weight is 552 g/mol. The van der Waals surface area contributed by atoms with E-state index in [2.05, 4.69) is 16.1 Å². The largest absolute Gasteiger partial charge is 0.573 e. The lowest BCUT2D eigenvalue weighted by atomic mass is 9.86. The number of likely N-dealkylation sites (tertiary alicyclic amines) is 1. The lowest BCUT2D eigenvalue weighted by Gasteiger charge is -2.40. The lowest BCUT2D eigenvalue weighted by molar-refractivity contribution is -0.274. The Morgan fingerprint density at radius 2 is 1.70 bits per heavy atom. The molecule has 210 valence electrons. The van der Waals surface area contributed by atoms with Crippen molar-refractivity contribution in [1.29, 1.82) is 5.26 Å². The van der Waals surface area contributed by atoms with Crippen molar-refractivity contribution in [2.24, 2.45) is 0 Å². The van der Waals surface area contributed by atoms with Crippen LogP contribution in [0.1, 0.15) is 49.8 Å². The van der Waals surface area contributed by atoms with Gasteiger partial charge < -0.3 is 19.7 Å². The standard InChI is InChI=1S/C31H32F3N3O3/c1-30(2,3)40-29(38)37-16-15-27(26(20-37)23-7-5-4-6-8-23)36-19-25-17-24(13-14-28(25)39-31(32,33)34)22-11-9-21(18-35)10-12-22/h4-14,17,26-27,36H,15-16,19-20H2,1-3H3/t26-,27-/m0/s1. The maximum Gasteiger partial charge on any atom is 0.573 e. The molecule has 1 aliphatic heterocycles. The van der Waals surface area contributed by atoms with Gasteiger partial charge in [-0.1, -0.05) is 48.5 Å². The highest BCUT2D eigenvalue weighted by molar-refractivity contribution is 5.68. The number of amides is 1. The fraction of sp³-hybridized carbons (Fsp3) is 0.355. The Kier molecular flexibility index (Phi) is 8.70. The van der Waals surface area contributed by atoms with E-state index in [4.69, 9.17) is 10.00 Å². The quantitative estimate of drug-likeness (QED) is 0.357. The van der Waals surface area contributed by atoms with Crippen LogP contribution in [0, 0.1) is 11.3 Å². The number of piperidine rings is 1. The monoisotopic (exact) mass is 551 g/mol. The Morgan fingerprint density at radius 3 is 2.33 bits per heavy atom. The summed E-state index contributed by atoms with van der Waals surface area (Å²) in [6.07, 6.45) is -4.64. The molecule has 1 heterocycles. The molecule has 1 saturated heterocycles. The Morgan fingerprint density at radius 1 is 1.02 bits per heavy atom. The van der Waals surface area contributed by atoms with Gasteiger partial charge in [-0.2, -0.15) is 5.26 Å². The van der Waals surface area contributed by atoms with Gasteiger partial charge >= 0.3 is 12.5 Å². The highest BCUT2D eigenvalue weighted by Crippen LogP contribution is 2.33. The van der Waals surface area contributed by atoms with Gasteiger partial charge in [-0.15, -0.1) is 13.2 Å². The molecule has 1 amide bonds. The maximum atomic E-state index is 13.2. The molecule has 1 N–H and O–H groups in total.